The molecule has 0 aliphatic rings. The van der Waals surface area contributed by atoms with Gasteiger partial charge in [0, 0.05) is 12.5 Å². The fourth-order valence-corrected chi connectivity index (χ4v) is 4.95. The number of nitrogens with one attached hydrogen (secondary N) is 2. The van der Waals surface area contributed by atoms with Gasteiger partial charge in [-0.05, 0) is 85.8 Å². The molecule has 0 spiro atoms. The average molecular weight is 624 g/mol. The number of rotatable bonds is 12. The van der Waals surface area contributed by atoms with Crippen molar-refractivity contribution in [3.8, 4) is 0 Å². The average Bonchev–Trinajstić information content (AvgIpc) is 2.88. The zero-order valence-electron chi connectivity index (χ0n) is 28.9. The van der Waals surface area contributed by atoms with Gasteiger partial charge in [0.2, 0.25) is 11.8 Å². The minimum Gasteiger partial charge on any atom is -0.458 e. The fourth-order valence-electron chi connectivity index (χ4n) is 4.95. The minimum atomic E-state index is -1.10. The Morgan fingerprint density at radius 1 is 0.778 bits per heavy atom. The molecule has 0 aliphatic carbocycles. The van der Waals surface area contributed by atoms with E-state index in [-0.39, 0.29) is 12.3 Å². The summed E-state index contributed by atoms with van der Waals surface area (Å²) in [5, 5.41) is 5.68. The Balaban J connectivity index is 2.59. The van der Waals surface area contributed by atoms with Crippen molar-refractivity contribution in [2.75, 3.05) is 0 Å². The molecule has 0 aromatic heterocycles. The van der Waals surface area contributed by atoms with Gasteiger partial charge >= 0.3 is 12.1 Å². The second-order valence-corrected chi connectivity index (χ2v) is 14.3. The zero-order chi connectivity index (χ0) is 34.1. The fraction of sp³-hybridized carbons (Fsp3) is 0.556. The van der Waals surface area contributed by atoms with Crippen molar-refractivity contribution in [3.63, 3.8) is 0 Å². The summed E-state index contributed by atoms with van der Waals surface area (Å²) in [6.07, 6.45) is -0.180. The summed E-state index contributed by atoms with van der Waals surface area (Å²) in [5.74, 6) is -1.48. The van der Waals surface area contributed by atoms with Crippen LogP contribution in [0, 0.1) is 12.8 Å². The minimum absolute atomic E-state index is 0.0524. The molecular weight excluding hydrogens is 570 g/mol. The predicted molar refractivity (Wildman–Crippen MR) is 176 cm³/mol. The van der Waals surface area contributed by atoms with E-state index in [1.165, 1.54) is 4.90 Å². The molecule has 9 nitrogen and oxygen atoms in total. The molecule has 2 aromatic carbocycles. The number of esters is 1. The van der Waals surface area contributed by atoms with Crippen LogP contribution in [-0.4, -0.2) is 58.1 Å². The predicted octanol–water partition coefficient (Wildman–Crippen LogP) is 6.28. The van der Waals surface area contributed by atoms with Gasteiger partial charge in [-0.1, -0.05) is 74.0 Å². The lowest BCUT2D eigenvalue weighted by molar-refractivity contribution is -0.159. The van der Waals surface area contributed by atoms with Gasteiger partial charge in [-0.3, -0.25) is 9.59 Å². The molecule has 2 aromatic rings. The summed E-state index contributed by atoms with van der Waals surface area (Å²) in [6.45, 7) is 20.0. The van der Waals surface area contributed by atoms with Gasteiger partial charge in [0.05, 0.1) is 0 Å². The maximum atomic E-state index is 14.4. The summed E-state index contributed by atoms with van der Waals surface area (Å²) < 4.78 is 11.2. The van der Waals surface area contributed by atoms with E-state index in [0.29, 0.717) is 12.0 Å². The van der Waals surface area contributed by atoms with Gasteiger partial charge < -0.3 is 25.0 Å². The first-order valence-corrected chi connectivity index (χ1v) is 15.7. The number of alkyl carbamates (subject to hydrolysis) is 1. The van der Waals surface area contributed by atoms with Crippen molar-refractivity contribution in [3.05, 3.63) is 71.3 Å². The first-order valence-electron chi connectivity index (χ1n) is 15.7. The normalized spacial score (nSPS) is 13.9. The Labute approximate surface area is 269 Å². The summed E-state index contributed by atoms with van der Waals surface area (Å²) in [5.41, 5.74) is 0.797. The SMILES string of the molecule is Cc1cccc(C(C(=O)NC(Cc2ccccc2)C(=O)OC(C)(C)C)N(C(=O)C(CC(C)C)NC(=O)OC(C)(C)C)C(C)C)c1. The third-order valence-electron chi connectivity index (χ3n) is 6.68. The molecule has 0 radical (unpaired) electrons. The number of hydrogen-bond acceptors (Lipinski definition) is 6. The van der Waals surface area contributed by atoms with Gasteiger partial charge in [0.25, 0.3) is 0 Å². The first-order chi connectivity index (χ1) is 20.8. The lowest BCUT2D eigenvalue weighted by Gasteiger charge is -2.38. The van der Waals surface area contributed by atoms with Crippen LogP contribution in [0.4, 0.5) is 4.79 Å². The van der Waals surface area contributed by atoms with E-state index < -0.39 is 59.2 Å². The molecule has 0 saturated heterocycles. The van der Waals surface area contributed by atoms with Crippen LogP contribution in [0.2, 0.25) is 0 Å². The zero-order valence-corrected chi connectivity index (χ0v) is 28.9. The van der Waals surface area contributed by atoms with Gasteiger partial charge in [-0.15, -0.1) is 0 Å². The van der Waals surface area contributed by atoms with E-state index in [9.17, 15) is 19.2 Å². The lowest BCUT2D eigenvalue weighted by atomic mass is 9.96. The topological polar surface area (TPSA) is 114 Å². The standard InChI is InChI=1S/C36H53N3O6/c1-23(2)20-28(38-34(43)45-36(9,10)11)32(41)39(24(3)4)30(27-19-15-16-25(5)21-27)31(40)37-29(33(42)44-35(6,7)8)22-26-17-13-12-14-18-26/h12-19,21,23-24,28-30H,20,22H2,1-11H3,(H,37,40)(H,38,43). The molecular formula is C36H53N3O6. The molecule has 0 fully saturated rings. The van der Waals surface area contributed by atoms with Crippen LogP contribution < -0.4 is 10.6 Å². The van der Waals surface area contributed by atoms with Crippen LogP contribution in [0.25, 0.3) is 0 Å². The molecule has 0 aliphatic heterocycles. The Bertz CT molecular complexity index is 1290. The molecule has 2 N–H and O–H groups in total. The number of benzene rings is 2. The van der Waals surface area contributed by atoms with Crippen molar-refractivity contribution in [1.82, 2.24) is 15.5 Å². The molecule has 0 saturated carbocycles. The maximum absolute atomic E-state index is 14.4. The van der Waals surface area contributed by atoms with Crippen molar-refractivity contribution in [2.45, 2.75) is 124 Å². The Kier molecular flexibility index (Phi) is 13.2. The molecule has 248 valence electrons. The van der Waals surface area contributed by atoms with Crippen molar-refractivity contribution in [2.24, 2.45) is 5.92 Å². The van der Waals surface area contributed by atoms with Crippen molar-refractivity contribution < 1.29 is 28.7 Å². The highest BCUT2D eigenvalue weighted by Gasteiger charge is 2.39. The molecule has 0 bridgehead atoms. The maximum Gasteiger partial charge on any atom is 0.408 e. The van der Waals surface area contributed by atoms with Crippen LogP contribution in [0.5, 0.6) is 0 Å². The molecule has 3 unspecified atom stereocenters. The van der Waals surface area contributed by atoms with Crippen molar-refractivity contribution >= 4 is 23.9 Å². The number of ether oxygens (including phenoxy) is 2. The van der Waals surface area contributed by atoms with Crippen LogP contribution in [-0.2, 0) is 30.3 Å². The third kappa shape index (κ3) is 12.6. The third-order valence-corrected chi connectivity index (χ3v) is 6.68. The van der Waals surface area contributed by atoms with Crippen LogP contribution >= 0.6 is 0 Å². The van der Waals surface area contributed by atoms with Gasteiger partial charge in [-0.25, -0.2) is 9.59 Å². The molecule has 2 rings (SSSR count). The number of hydrogen-bond donors (Lipinski definition) is 2. The molecule has 9 heteroatoms. The smallest absolute Gasteiger partial charge is 0.408 e. The van der Waals surface area contributed by atoms with E-state index in [2.05, 4.69) is 10.6 Å². The molecule has 0 heterocycles. The molecule has 45 heavy (non-hydrogen) atoms. The van der Waals surface area contributed by atoms with Crippen LogP contribution in [0.1, 0.15) is 98.4 Å². The second-order valence-electron chi connectivity index (χ2n) is 14.3. The summed E-state index contributed by atoms with van der Waals surface area (Å²) >= 11 is 0. The Hall–Kier alpha value is -3.88. The van der Waals surface area contributed by atoms with Crippen LogP contribution in [0.3, 0.4) is 0 Å². The number of aryl methyl sites for hydroxylation is 1. The van der Waals surface area contributed by atoms with E-state index in [0.717, 1.165) is 11.1 Å². The van der Waals surface area contributed by atoms with E-state index >= 15 is 0 Å². The molecule has 3 amide bonds. The van der Waals surface area contributed by atoms with E-state index in [1.807, 2.05) is 83.1 Å². The second kappa shape index (κ2) is 15.9. The van der Waals surface area contributed by atoms with E-state index in [4.69, 9.17) is 9.47 Å². The Morgan fingerprint density at radius 3 is 1.89 bits per heavy atom. The summed E-state index contributed by atoms with van der Waals surface area (Å²) in [4.78, 5) is 56.6. The highest BCUT2D eigenvalue weighted by molar-refractivity contribution is 5.94. The monoisotopic (exact) mass is 623 g/mol. The summed E-state index contributed by atoms with van der Waals surface area (Å²) in [6, 6.07) is 13.2. The highest BCUT2D eigenvalue weighted by atomic mass is 16.6. The first kappa shape index (κ1) is 37.3. The number of carbonyl (C=O) groups is 4. The highest BCUT2D eigenvalue weighted by Crippen LogP contribution is 2.27. The quantitative estimate of drug-likeness (QED) is 0.269. The Morgan fingerprint density at radius 2 is 1.38 bits per heavy atom. The number of nitrogens with zero attached hydrogens (tertiary/aromatic N) is 1. The van der Waals surface area contributed by atoms with Crippen LogP contribution in [0.15, 0.2) is 54.6 Å². The van der Waals surface area contributed by atoms with Gasteiger partial charge in [0.1, 0.15) is 29.3 Å². The largest absolute Gasteiger partial charge is 0.458 e. The number of carbonyl (C=O) groups excluding carboxylic acids is 4. The molecule has 3 atom stereocenters. The van der Waals surface area contributed by atoms with Gasteiger partial charge in [-0.2, -0.15) is 0 Å². The van der Waals surface area contributed by atoms with Crippen molar-refractivity contribution in [1.29, 1.82) is 0 Å². The van der Waals surface area contributed by atoms with Gasteiger partial charge in [0.15, 0.2) is 0 Å². The number of amides is 3. The lowest BCUT2D eigenvalue weighted by Crippen LogP contribution is -2.57. The van der Waals surface area contributed by atoms with E-state index in [1.54, 1.807) is 47.6 Å². The summed E-state index contributed by atoms with van der Waals surface area (Å²) in [7, 11) is 0.